The van der Waals surface area contributed by atoms with Crippen LogP contribution in [0.15, 0.2) is 18.2 Å². The van der Waals surface area contributed by atoms with Crippen LogP contribution in [0.5, 0.6) is 0 Å². The summed E-state index contributed by atoms with van der Waals surface area (Å²) < 4.78 is 0. The molecular weight excluding hydrogens is 303 g/mol. The molecule has 4 fully saturated rings. The Morgan fingerprint density at radius 2 is 1.81 bits per heavy atom. The van der Waals surface area contributed by atoms with Crippen LogP contribution in [0.25, 0.3) is 0 Å². The van der Waals surface area contributed by atoms with Crippen molar-refractivity contribution < 1.29 is 5.11 Å². The first-order valence-corrected chi connectivity index (χ1v) is 8.78. The third-order valence-corrected chi connectivity index (χ3v) is 7.09. The average molecular weight is 325 g/mol. The minimum atomic E-state index is -0.478. The lowest BCUT2D eigenvalue weighted by atomic mass is 9.43. The maximum absolute atomic E-state index is 11.2. The zero-order valence-electron chi connectivity index (χ0n) is 12.4. The Bertz CT molecular complexity index is 569. The van der Waals surface area contributed by atoms with E-state index in [1.54, 1.807) is 6.07 Å². The summed E-state index contributed by atoms with van der Waals surface area (Å²) >= 11 is 12.5. The van der Waals surface area contributed by atoms with Crippen LogP contribution in [0.3, 0.4) is 0 Å². The maximum Gasteiger partial charge on any atom is 0.0861 e. The number of aliphatic hydroxyl groups excluding tert-OH is 1. The van der Waals surface area contributed by atoms with E-state index >= 15 is 0 Å². The molecule has 0 aliphatic heterocycles. The fraction of sp³-hybridized carbons (Fsp3) is 0.667. The molecule has 5 rings (SSSR count). The van der Waals surface area contributed by atoms with Crippen LogP contribution in [-0.2, 0) is 0 Å². The predicted octanol–water partition coefficient (Wildman–Crippen LogP) is 5.63. The van der Waals surface area contributed by atoms with Gasteiger partial charge < -0.3 is 5.11 Å². The SMILES string of the molecule is CC12CC3CC(C1)CC(C(O)c1cccc(Cl)c1Cl)(C3)C2. The van der Waals surface area contributed by atoms with E-state index in [9.17, 15) is 5.11 Å². The van der Waals surface area contributed by atoms with Crippen LogP contribution in [0, 0.1) is 22.7 Å². The molecule has 3 unspecified atom stereocenters. The highest BCUT2D eigenvalue weighted by Gasteiger charge is 2.58. The van der Waals surface area contributed by atoms with Gasteiger partial charge in [0.25, 0.3) is 0 Å². The van der Waals surface area contributed by atoms with Gasteiger partial charge in [-0.2, -0.15) is 0 Å². The third-order valence-electron chi connectivity index (χ3n) is 6.25. The summed E-state index contributed by atoms with van der Waals surface area (Å²) in [5.41, 5.74) is 1.28. The molecule has 0 aromatic heterocycles. The van der Waals surface area contributed by atoms with Crippen LogP contribution >= 0.6 is 23.2 Å². The normalized spacial score (nSPS) is 42.3. The Labute approximate surface area is 136 Å². The molecule has 21 heavy (non-hydrogen) atoms. The summed E-state index contributed by atoms with van der Waals surface area (Å²) in [5.74, 6) is 1.59. The maximum atomic E-state index is 11.2. The first-order chi connectivity index (χ1) is 9.91. The second kappa shape index (κ2) is 4.63. The molecule has 0 radical (unpaired) electrons. The number of aliphatic hydroxyl groups is 1. The van der Waals surface area contributed by atoms with E-state index in [4.69, 9.17) is 23.2 Å². The molecule has 4 aliphatic rings. The minimum Gasteiger partial charge on any atom is -0.388 e. The molecule has 4 saturated carbocycles. The highest BCUT2D eigenvalue weighted by atomic mass is 35.5. The Kier molecular flexibility index (Phi) is 3.17. The molecule has 114 valence electrons. The Balaban J connectivity index is 1.74. The van der Waals surface area contributed by atoms with E-state index in [2.05, 4.69) is 6.92 Å². The van der Waals surface area contributed by atoms with E-state index in [-0.39, 0.29) is 5.41 Å². The Morgan fingerprint density at radius 1 is 1.14 bits per heavy atom. The summed E-state index contributed by atoms with van der Waals surface area (Å²) in [6.07, 6.45) is 7.04. The van der Waals surface area contributed by atoms with Gasteiger partial charge in [-0.15, -0.1) is 0 Å². The van der Waals surface area contributed by atoms with Crippen molar-refractivity contribution in [1.82, 2.24) is 0 Å². The first-order valence-electron chi connectivity index (χ1n) is 8.03. The van der Waals surface area contributed by atoms with Crippen molar-refractivity contribution in [2.45, 2.75) is 51.6 Å². The zero-order chi connectivity index (χ0) is 14.8. The molecule has 1 nitrogen and oxygen atoms in total. The molecule has 4 bridgehead atoms. The standard InChI is InChI=1S/C18H22Cl2O/c1-17-6-11-5-12(7-17)9-18(8-11,10-17)16(21)13-3-2-4-14(19)15(13)20/h2-4,11-12,16,21H,5-10H2,1H3. The Morgan fingerprint density at radius 3 is 2.43 bits per heavy atom. The molecule has 1 N–H and O–H groups in total. The predicted molar refractivity (Wildman–Crippen MR) is 86.6 cm³/mol. The van der Waals surface area contributed by atoms with Gasteiger partial charge in [-0.25, -0.2) is 0 Å². The number of hydrogen-bond donors (Lipinski definition) is 1. The van der Waals surface area contributed by atoms with Gasteiger partial charge in [-0.05, 0) is 61.8 Å². The van der Waals surface area contributed by atoms with Gasteiger partial charge in [0.2, 0.25) is 0 Å². The van der Waals surface area contributed by atoms with Gasteiger partial charge in [0, 0.05) is 11.0 Å². The van der Waals surface area contributed by atoms with Gasteiger partial charge in [-0.3, -0.25) is 0 Å². The monoisotopic (exact) mass is 324 g/mol. The van der Waals surface area contributed by atoms with Crippen molar-refractivity contribution >= 4 is 23.2 Å². The zero-order valence-corrected chi connectivity index (χ0v) is 13.9. The lowest BCUT2D eigenvalue weighted by Gasteiger charge is -2.62. The molecule has 1 aromatic carbocycles. The van der Waals surface area contributed by atoms with Crippen molar-refractivity contribution in [3.8, 4) is 0 Å². The first kappa shape index (κ1) is 14.4. The van der Waals surface area contributed by atoms with Gasteiger partial charge in [-0.1, -0.05) is 42.3 Å². The minimum absolute atomic E-state index is 0.0210. The summed E-state index contributed by atoms with van der Waals surface area (Å²) in [6.45, 7) is 2.42. The molecule has 3 heteroatoms. The number of halogens is 2. The number of hydrogen-bond acceptors (Lipinski definition) is 1. The van der Waals surface area contributed by atoms with E-state index in [1.165, 1.54) is 19.3 Å². The highest BCUT2D eigenvalue weighted by molar-refractivity contribution is 6.42. The largest absolute Gasteiger partial charge is 0.388 e. The smallest absolute Gasteiger partial charge is 0.0861 e. The third kappa shape index (κ3) is 2.16. The lowest BCUT2D eigenvalue weighted by Crippen LogP contribution is -2.53. The van der Waals surface area contributed by atoms with Crippen LogP contribution < -0.4 is 0 Å². The van der Waals surface area contributed by atoms with Crippen LogP contribution in [0.4, 0.5) is 0 Å². The van der Waals surface area contributed by atoms with Crippen molar-refractivity contribution in [1.29, 1.82) is 0 Å². The molecular formula is C18H22Cl2O. The van der Waals surface area contributed by atoms with Gasteiger partial charge >= 0.3 is 0 Å². The number of benzene rings is 1. The van der Waals surface area contributed by atoms with Crippen LogP contribution in [0.2, 0.25) is 10.0 Å². The lowest BCUT2D eigenvalue weighted by molar-refractivity contribution is -0.155. The molecule has 0 amide bonds. The van der Waals surface area contributed by atoms with E-state index < -0.39 is 6.10 Å². The van der Waals surface area contributed by atoms with Crippen LogP contribution in [0.1, 0.15) is 57.1 Å². The summed E-state index contributed by atoms with van der Waals surface area (Å²) in [7, 11) is 0. The fourth-order valence-electron chi connectivity index (χ4n) is 6.18. The van der Waals surface area contributed by atoms with E-state index in [0.717, 1.165) is 36.7 Å². The van der Waals surface area contributed by atoms with Crippen molar-refractivity contribution in [2.24, 2.45) is 22.7 Å². The molecule has 0 spiro atoms. The van der Waals surface area contributed by atoms with E-state index in [0.29, 0.717) is 15.5 Å². The molecule has 4 aliphatic carbocycles. The topological polar surface area (TPSA) is 20.2 Å². The molecule has 1 aromatic rings. The number of rotatable bonds is 2. The van der Waals surface area contributed by atoms with Crippen molar-refractivity contribution in [2.75, 3.05) is 0 Å². The molecule has 3 atom stereocenters. The van der Waals surface area contributed by atoms with Crippen molar-refractivity contribution in [3.63, 3.8) is 0 Å². The van der Waals surface area contributed by atoms with Crippen LogP contribution in [-0.4, -0.2) is 5.11 Å². The van der Waals surface area contributed by atoms with E-state index in [1.807, 2.05) is 12.1 Å². The summed E-state index contributed by atoms with van der Waals surface area (Å²) in [4.78, 5) is 0. The average Bonchev–Trinajstić information content (AvgIpc) is 2.38. The van der Waals surface area contributed by atoms with Gasteiger partial charge in [0.1, 0.15) is 0 Å². The Hall–Kier alpha value is -0.240. The van der Waals surface area contributed by atoms with Gasteiger partial charge in [0.15, 0.2) is 0 Å². The molecule has 0 heterocycles. The second-order valence-corrected chi connectivity index (χ2v) is 8.96. The summed E-state index contributed by atoms with van der Waals surface area (Å²) in [6, 6.07) is 5.63. The van der Waals surface area contributed by atoms with Crippen molar-refractivity contribution in [3.05, 3.63) is 33.8 Å². The molecule has 0 saturated heterocycles. The highest BCUT2D eigenvalue weighted by Crippen LogP contribution is 2.68. The second-order valence-electron chi connectivity index (χ2n) is 8.18. The fourth-order valence-corrected chi connectivity index (χ4v) is 6.59. The quantitative estimate of drug-likeness (QED) is 0.747. The van der Waals surface area contributed by atoms with Gasteiger partial charge in [0.05, 0.1) is 16.1 Å². The summed E-state index contributed by atoms with van der Waals surface area (Å²) in [5, 5.41) is 12.2.